The van der Waals surface area contributed by atoms with Crippen LogP contribution in [0, 0.1) is 5.82 Å². The summed E-state index contributed by atoms with van der Waals surface area (Å²) in [5.74, 6) is -1.03. The van der Waals surface area contributed by atoms with Crippen LogP contribution in [0.2, 0.25) is 10.0 Å². The third kappa shape index (κ3) is 6.31. The summed E-state index contributed by atoms with van der Waals surface area (Å²) in [6.45, 7) is 3.16. The molecule has 0 heterocycles. The van der Waals surface area contributed by atoms with E-state index >= 15 is 0 Å². The monoisotopic (exact) mass is 410 g/mol. The Balaban J connectivity index is 1.94. The smallest absolute Gasteiger partial charge is 0.234 e. The van der Waals surface area contributed by atoms with Crippen molar-refractivity contribution in [2.45, 2.75) is 32.4 Å². The Morgan fingerprint density at radius 3 is 2.41 bits per heavy atom. The van der Waals surface area contributed by atoms with Crippen LogP contribution in [-0.2, 0) is 16.0 Å². The SMILES string of the molecule is CC(=O)[C@H](Cc1ccccc1)NC(=O)CN[C@@H](C)c1cc(F)c(Cl)cc1Cl. The highest BCUT2D eigenvalue weighted by atomic mass is 35.5. The summed E-state index contributed by atoms with van der Waals surface area (Å²) in [5.41, 5.74) is 1.46. The summed E-state index contributed by atoms with van der Waals surface area (Å²) in [6, 6.07) is 11.1. The molecule has 0 bridgehead atoms. The van der Waals surface area contributed by atoms with Gasteiger partial charge in [0, 0.05) is 11.1 Å². The molecule has 2 N–H and O–H groups in total. The van der Waals surface area contributed by atoms with Gasteiger partial charge in [-0.1, -0.05) is 53.5 Å². The summed E-state index contributed by atoms with van der Waals surface area (Å²) in [5, 5.41) is 5.96. The molecule has 0 aliphatic rings. The molecule has 0 fully saturated rings. The molecule has 27 heavy (non-hydrogen) atoms. The number of carbonyl (C=O) groups is 2. The lowest BCUT2D eigenvalue weighted by Gasteiger charge is -2.19. The first-order valence-corrected chi connectivity index (χ1v) is 9.25. The van der Waals surface area contributed by atoms with Crippen molar-refractivity contribution in [1.29, 1.82) is 0 Å². The topological polar surface area (TPSA) is 58.2 Å². The third-order valence-corrected chi connectivity index (χ3v) is 4.80. The number of carbonyl (C=O) groups excluding carboxylic acids is 2. The zero-order chi connectivity index (χ0) is 20.0. The fraction of sp³-hybridized carbons (Fsp3) is 0.300. The van der Waals surface area contributed by atoms with Crippen molar-refractivity contribution in [3.05, 3.63) is 69.5 Å². The van der Waals surface area contributed by atoms with Gasteiger partial charge in [-0.25, -0.2) is 4.39 Å². The lowest BCUT2D eigenvalue weighted by atomic mass is 10.0. The molecule has 4 nitrogen and oxygen atoms in total. The third-order valence-electron chi connectivity index (χ3n) is 4.18. The predicted octanol–water partition coefficient (Wildman–Crippen LogP) is 4.10. The normalized spacial score (nSPS) is 13.1. The summed E-state index contributed by atoms with van der Waals surface area (Å²) in [6.07, 6.45) is 0.422. The second kappa shape index (κ2) is 9.83. The van der Waals surface area contributed by atoms with E-state index in [2.05, 4.69) is 10.6 Å². The number of ketones is 1. The summed E-state index contributed by atoms with van der Waals surface area (Å²) in [4.78, 5) is 24.1. The summed E-state index contributed by atoms with van der Waals surface area (Å²) >= 11 is 11.8. The van der Waals surface area contributed by atoms with E-state index in [1.165, 1.54) is 19.1 Å². The van der Waals surface area contributed by atoms with Crippen molar-refractivity contribution in [2.75, 3.05) is 6.54 Å². The van der Waals surface area contributed by atoms with Gasteiger partial charge in [-0.2, -0.15) is 0 Å². The van der Waals surface area contributed by atoms with E-state index in [1.54, 1.807) is 6.92 Å². The highest BCUT2D eigenvalue weighted by Gasteiger charge is 2.19. The molecule has 0 saturated heterocycles. The molecule has 1 amide bonds. The van der Waals surface area contributed by atoms with Crippen molar-refractivity contribution < 1.29 is 14.0 Å². The Bertz CT molecular complexity index is 815. The Morgan fingerprint density at radius 1 is 1.11 bits per heavy atom. The highest BCUT2D eigenvalue weighted by Crippen LogP contribution is 2.28. The van der Waals surface area contributed by atoms with E-state index in [1.807, 2.05) is 30.3 Å². The largest absolute Gasteiger partial charge is 0.345 e. The van der Waals surface area contributed by atoms with Crippen LogP contribution >= 0.6 is 23.2 Å². The molecule has 0 saturated carbocycles. The van der Waals surface area contributed by atoms with Gasteiger partial charge in [-0.15, -0.1) is 0 Å². The second-order valence-electron chi connectivity index (χ2n) is 6.31. The molecular weight excluding hydrogens is 390 g/mol. The van der Waals surface area contributed by atoms with Gasteiger partial charge in [0.1, 0.15) is 5.82 Å². The molecule has 0 aromatic heterocycles. The lowest BCUT2D eigenvalue weighted by Crippen LogP contribution is -2.45. The van der Waals surface area contributed by atoms with Crippen LogP contribution < -0.4 is 10.6 Å². The van der Waals surface area contributed by atoms with E-state index in [0.717, 1.165) is 5.56 Å². The average Bonchev–Trinajstić information content (AvgIpc) is 2.63. The van der Waals surface area contributed by atoms with E-state index in [4.69, 9.17) is 23.2 Å². The van der Waals surface area contributed by atoms with Gasteiger partial charge in [0.2, 0.25) is 5.91 Å². The van der Waals surface area contributed by atoms with Crippen molar-refractivity contribution >= 4 is 34.9 Å². The van der Waals surface area contributed by atoms with E-state index in [9.17, 15) is 14.0 Å². The Labute approximate surface area is 168 Å². The molecule has 144 valence electrons. The number of halogens is 3. The fourth-order valence-electron chi connectivity index (χ4n) is 2.62. The fourth-order valence-corrected chi connectivity index (χ4v) is 3.16. The predicted molar refractivity (Wildman–Crippen MR) is 106 cm³/mol. The molecule has 2 rings (SSSR count). The van der Waals surface area contributed by atoms with Gasteiger partial charge in [-0.05, 0) is 43.5 Å². The van der Waals surface area contributed by atoms with Crippen LogP contribution in [0.15, 0.2) is 42.5 Å². The van der Waals surface area contributed by atoms with Crippen LogP contribution in [-0.4, -0.2) is 24.3 Å². The molecule has 0 spiro atoms. The van der Waals surface area contributed by atoms with Gasteiger partial charge in [0.25, 0.3) is 0 Å². The molecule has 0 aliphatic heterocycles. The number of benzene rings is 2. The number of Topliss-reactive ketones (excluding diaryl/α,β-unsaturated/α-hetero) is 1. The number of nitrogens with one attached hydrogen (secondary N) is 2. The minimum absolute atomic E-state index is 0.0414. The van der Waals surface area contributed by atoms with Crippen LogP contribution in [0.3, 0.4) is 0 Å². The Morgan fingerprint density at radius 2 is 1.78 bits per heavy atom. The summed E-state index contributed by atoms with van der Waals surface area (Å²) < 4.78 is 13.7. The highest BCUT2D eigenvalue weighted by molar-refractivity contribution is 6.35. The summed E-state index contributed by atoms with van der Waals surface area (Å²) in [7, 11) is 0. The van der Waals surface area contributed by atoms with Crippen molar-refractivity contribution in [2.24, 2.45) is 0 Å². The maximum atomic E-state index is 13.7. The van der Waals surface area contributed by atoms with Gasteiger partial charge in [-0.3, -0.25) is 9.59 Å². The first kappa shape index (κ1) is 21.4. The quantitative estimate of drug-likeness (QED) is 0.644. The van der Waals surface area contributed by atoms with Gasteiger partial charge < -0.3 is 10.6 Å². The molecule has 0 aliphatic carbocycles. The minimum Gasteiger partial charge on any atom is -0.345 e. The second-order valence-corrected chi connectivity index (χ2v) is 7.13. The van der Waals surface area contributed by atoms with E-state index in [0.29, 0.717) is 17.0 Å². The van der Waals surface area contributed by atoms with Gasteiger partial charge in [0.05, 0.1) is 17.6 Å². The number of amides is 1. The molecule has 0 unspecified atom stereocenters. The van der Waals surface area contributed by atoms with Crippen LogP contribution in [0.1, 0.15) is 31.0 Å². The Hall–Kier alpha value is -1.95. The van der Waals surface area contributed by atoms with Crippen molar-refractivity contribution in [1.82, 2.24) is 10.6 Å². The first-order valence-electron chi connectivity index (χ1n) is 8.49. The number of rotatable bonds is 8. The van der Waals surface area contributed by atoms with Crippen LogP contribution in [0.25, 0.3) is 0 Å². The zero-order valence-corrected chi connectivity index (χ0v) is 16.6. The first-order chi connectivity index (χ1) is 12.8. The Kier molecular flexibility index (Phi) is 7.78. The molecule has 0 radical (unpaired) electrons. The molecule has 7 heteroatoms. The lowest BCUT2D eigenvalue weighted by molar-refractivity contribution is -0.126. The van der Waals surface area contributed by atoms with Gasteiger partial charge in [0.15, 0.2) is 5.78 Å². The number of hydrogen-bond donors (Lipinski definition) is 2. The maximum Gasteiger partial charge on any atom is 0.234 e. The van der Waals surface area contributed by atoms with Crippen molar-refractivity contribution in [3.8, 4) is 0 Å². The standard InChI is InChI=1S/C20H21Cl2FN2O2/c1-12(15-9-18(23)17(22)10-16(15)21)24-11-20(27)25-19(13(2)26)8-14-6-4-3-5-7-14/h3-7,9-10,12,19,24H,8,11H2,1-2H3,(H,25,27)/t12-,19-/m0/s1. The minimum atomic E-state index is -0.603. The zero-order valence-electron chi connectivity index (χ0n) is 15.1. The van der Waals surface area contributed by atoms with Crippen molar-refractivity contribution in [3.63, 3.8) is 0 Å². The van der Waals surface area contributed by atoms with Crippen LogP contribution in [0.5, 0.6) is 0 Å². The molecule has 2 aromatic carbocycles. The van der Waals surface area contributed by atoms with Crippen LogP contribution in [0.4, 0.5) is 4.39 Å². The number of hydrogen-bond acceptors (Lipinski definition) is 3. The van der Waals surface area contributed by atoms with E-state index in [-0.39, 0.29) is 29.3 Å². The molecular formula is C20H21Cl2FN2O2. The van der Waals surface area contributed by atoms with E-state index < -0.39 is 11.9 Å². The van der Waals surface area contributed by atoms with Gasteiger partial charge >= 0.3 is 0 Å². The molecule has 2 aromatic rings. The molecule has 2 atom stereocenters. The maximum absolute atomic E-state index is 13.7. The average molecular weight is 411 g/mol.